The van der Waals surface area contributed by atoms with Gasteiger partial charge in [-0.15, -0.1) is 0 Å². The van der Waals surface area contributed by atoms with Crippen molar-refractivity contribution in [2.75, 3.05) is 32.9 Å². The van der Waals surface area contributed by atoms with Crippen LogP contribution in [0.15, 0.2) is 18.2 Å². The highest BCUT2D eigenvalue weighted by Gasteiger charge is 2.00. The summed E-state index contributed by atoms with van der Waals surface area (Å²) in [6, 6.07) is 6.17. The van der Waals surface area contributed by atoms with Crippen LogP contribution >= 0.6 is 0 Å². The van der Waals surface area contributed by atoms with Crippen LogP contribution < -0.4 is 10.1 Å². The van der Waals surface area contributed by atoms with Gasteiger partial charge in [-0.25, -0.2) is 0 Å². The number of aryl methyl sites for hydroxylation is 1. The van der Waals surface area contributed by atoms with E-state index in [1.807, 2.05) is 19.1 Å². The van der Waals surface area contributed by atoms with Crippen molar-refractivity contribution in [1.82, 2.24) is 5.32 Å². The Morgan fingerprint density at radius 3 is 2.72 bits per heavy atom. The smallest absolute Gasteiger partial charge is 0.122 e. The summed E-state index contributed by atoms with van der Waals surface area (Å²) in [6.07, 6.45) is 1.05. The second-order valence-corrected chi connectivity index (χ2v) is 4.35. The average molecular weight is 251 g/mol. The van der Waals surface area contributed by atoms with E-state index in [4.69, 9.17) is 9.47 Å². The Kier molecular flexibility index (Phi) is 7.46. The van der Waals surface area contributed by atoms with Crippen LogP contribution in [0.3, 0.4) is 0 Å². The highest BCUT2D eigenvalue weighted by molar-refractivity contribution is 5.38. The maximum Gasteiger partial charge on any atom is 0.122 e. The first-order chi connectivity index (χ1) is 8.75. The number of hydrogen-bond acceptors (Lipinski definition) is 3. The van der Waals surface area contributed by atoms with E-state index in [2.05, 4.69) is 25.2 Å². The lowest BCUT2D eigenvalue weighted by molar-refractivity contribution is 0.144. The summed E-state index contributed by atoms with van der Waals surface area (Å²) in [5, 5.41) is 3.34. The molecule has 0 atom stereocenters. The average Bonchev–Trinajstić information content (AvgIpc) is 2.37. The predicted molar refractivity (Wildman–Crippen MR) is 75.4 cm³/mol. The number of benzene rings is 1. The van der Waals surface area contributed by atoms with Gasteiger partial charge in [-0.1, -0.05) is 12.1 Å². The van der Waals surface area contributed by atoms with Gasteiger partial charge in [0.2, 0.25) is 0 Å². The molecule has 0 fully saturated rings. The van der Waals surface area contributed by atoms with Gasteiger partial charge in [0.15, 0.2) is 0 Å². The fourth-order valence-corrected chi connectivity index (χ4v) is 1.68. The summed E-state index contributed by atoms with van der Waals surface area (Å²) >= 11 is 0. The van der Waals surface area contributed by atoms with Crippen LogP contribution in [0.4, 0.5) is 0 Å². The summed E-state index contributed by atoms with van der Waals surface area (Å²) in [5.41, 5.74) is 2.51. The zero-order valence-electron chi connectivity index (χ0n) is 11.8. The summed E-state index contributed by atoms with van der Waals surface area (Å²) in [5.74, 6) is 0.992. The second kappa shape index (κ2) is 8.95. The zero-order valence-corrected chi connectivity index (χ0v) is 11.8. The third kappa shape index (κ3) is 5.52. The molecule has 0 saturated carbocycles. The molecule has 0 aromatic heterocycles. The maximum absolute atomic E-state index is 5.75. The number of hydrogen-bond donors (Lipinski definition) is 1. The lowest BCUT2D eigenvalue weighted by Gasteiger charge is -2.11. The predicted octanol–water partition coefficient (Wildman–Crippen LogP) is 2.70. The minimum Gasteiger partial charge on any atom is -0.492 e. The Bertz CT molecular complexity index is 339. The molecule has 1 rings (SSSR count). The zero-order chi connectivity index (χ0) is 13.2. The van der Waals surface area contributed by atoms with Gasteiger partial charge in [0.25, 0.3) is 0 Å². The van der Waals surface area contributed by atoms with Crippen molar-refractivity contribution in [1.29, 1.82) is 0 Å². The Labute approximate surface area is 110 Å². The number of ether oxygens (including phenoxy) is 2. The maximum atomic E-state index is 5.75. The molecule has 0 spiro atoms. The van der Waals surface area contributed by atoms with Crippen molar-refractivity contribution in [3.63, 3.8) is 0 Å². The number of nitrogens with one attached hydrogen (secondary N) is 1. The van der Waals surface area contributed by atoms with Gasteiger partial charge in [-0.2, -0.15) is 0 Å². The van der Waals surface area contributed by atoms with Crippen molar-refractivity contribution >= 4 is 0 Å². The van der Waals surface area contributed by atoms with Crippen LogP contribution in [-0.4, -0.2) is 32.9 Å². The van der Waals surface area contributed by atoms with Gasteiger partial charge in [0.05, 0.1) is 0 Å². The summed E-state index contributed by atoms with van der Waals surface area (Å²) in [4.78, 5) is 0. The minimum absolute atomic E-state index is 0.707. The molecule has 0 aliphatic rings. The molecule has 1 aromatic carbocycles. The molecule has 1 N–H and O–H groups in total. The van der Waals surface area contributed by atoms with Gasteiger partial charge in [0, 0.05) is 19.8 Å². The second-order valence-electron chi connectivity index (χ2n) is 4.35. The molecule has 3 nitrogen and oxygen atoms in total. The number of rotatable bonds is 9. The highest BCUT2D eigenvalue weighted by Crippen LogP contribution is 2.20. The molecule has 0 aliphatic heterocycles. The van der Waals surface area contributed by atoms with Crippen LogP contribution in [-0.2, 0) is 4.74 Å². The topological polar surface area (TPSA) is 30.5 Å². The molecule has 0 radical (unpaired) electrons. The Balaban J connectivity index is 2.09. The first kappa shape index (κ1) is 15.0. The van der Waals surface area contributed by atoms with Crippen molar-refractivity contribution in [3.05, 3.63) is 29.3 Å². The van der Waals surface area contributed by atoms with Crippen molar-refractivity contribution in [2.24, 2.45) is 0 Å². The molecular formula is C15H25NO2. The van der Waals surface area contributed by atoms with Crippen molar-refractivity contribution in [2.45, 2.75) is 27.2 Å². The first-order valence-electron chi connectivity index (χ1n) is 6.73. The minimum atomic E-state index is 0.707. The van der Waals surface area contributed by atoms with E-state index in [1.165, 1.54) is 11.1 Å². The van der Waals surface area contributed by atoms with E-state index in [0.29, 0.717) is 6.61 Å². The molecule has 0 aliphatic carbocycles. The van der Waals surface area contributed by atoms with E-state index in [1.54, 1.807) is 0 Å². The molecule has 3 heteroatoms. The molecule has 0 bridgehead atoms. The summed E-state index contributed by atoms with van der Waals surface area (Å²) in [7, 11) is 0. The largest absolute Gasteiger partial charge is 0.492 e. The molecule has 0 saturated heterocycles. The Morgan fingerprint density at radius 2 is 1.94 bits per heavy atom. The molecular weight excluding hydrogens is 226 g/mol. The van der Waals surface area contributed by atoms with Crippen LogP contribution in [0.2, 0.25) is 0 Å². The Morgan fingerprint density at radius 1 is 1.11 bits per heavy atom. The van der Waals surface area contributed by atoms with Crippen LogP contribution in [0, 0.1) is 13.8 Å². The molecule has 18 heavy (non-hydrogen) atoms. The van der Waals surface area contributed by atoms with Crippen LogP contribution in [0.5, 0.6) is 5.75 Å². The standard InChI is InChI=1S/C15H25NO2/c1-4-17-11-6-9-16-10-12-18-15-8-5-7-13(2)14(15)3/h5,7-8,16H,4,6,9-12H2,1-3H3. The Hall–Kier alpha value is -1.06. The highest BCUT2D eigenvalue weighted by atomic mass is 16.5. The lowest BCUT2D eigenvalue weighted by Crippen LogP contribution is -2.23. The van der Waals surface area contributed by atoms with E-state index in [0.717, 1.165) is 38.5 Å². The monoisotopic (exact) mass is 251 g/mol. The van der Waals surface area contributed by atoms with Gasteiger partial charge in [0.1, 0.15) is 12.4 Å². The van der Waals surface area contributed by atoms with Crippen LogP contribution in [0.25, 0.3) is 0 Å². The molecule has 0 amide bonds. The van der Waals surface area contributed by atoms with Gasteiger partial charge < -0.3 is 14.8 Å². The SMILES string of the molecule is CCOCCCNCCOc1cccc(C)c1C. The van der Waals surface area contributed by atoms with Gasteiger partial charge in [-0.3, -0.25) is 0 Å². The van der Waals surface area contributed by atoms with E-state index in [9.17, 15) is 0 Å². The van der Waals surface area contributed by atoms with E-state index in [-0.39, 0.29) is 0 Å². The summed E-state index contributed by atoms with van der Waals surface area (Å²) in [6.45, 7) is 10.4. The van der Waals surface area contributed by atoms with E-state index < -0.39 is 0 Å². The molecule has 1 aromatic rings. The normalized spacial score (nSPS) is 10.6. The van der Waals surface area contributed by atoms with Crippen molar-refractivity contribution < 1.29 is 9.47 Å². The third-order valence-corrected chi connectivity index (χ3v) is 2.94. The quantitative estimate of drug-likeness (QED) is 0.685. The molecule has 0 heterocycles. The van der Waals surface area contributed by atoms with Crippen LogP contribution in [0.1, 0.15) is 24.5 Å². The third-order valence-electron chi connectivity index (χ3n) is 2.94. The fourth-order valence-electron chi connectivity index (χ4n) is 1.68. The van der Waals surface area contributed by atoms with Gasteiger partial charge >= 0.3 is 0 Å². The lowest BCUT2D eigenvalue weighted by atomic mass is 10.1. The summed E-state index contributed by atoms with van der Waals surface area (Å²) < 4.78 is 11.0. The van der Waals surface area contributed by atoms with Crippen molar-refractivity contribution in [3.8, 4) is 5.75 Å². The fraction of sp³-hybridized carbons (Fsp3) is 0.600. The first-order valence-corrected chi connectivity index (χ1v) is 6.73. The van der Waals surface area contributed by atoms with Gasteiger partial charge in [-0.05, 0) is 50.9 Å². The van der Waals surface area contributed by atoms with E-state index >= 15 is 0 Å². The molecule has 0 unspecified atom stereocenters. The molecule has 102 valence electrons.